The second-order valence-corrected chi connectivity index (χ2v) is 5.92. The third-order valence-electron chi connectivity index (χ3n) is 5.09. The Balaban J connectivity index is 2.33. The first-order valence-electron chi connectivity index (χ1n) is 7.50. The highest BCUT2D eigenvalue weighted by Crippen LogP contribution is 2.48. The van der Waals surface area contributed by atoms with Crippen molar-refractivity contribution in [2.75, 3.05) is 27.9 Å². The lowest BCUT2D eigenvalue weighted by atomic mass is 9.60. The van der Waals surface area contributed by atoms with Crippen molar-refractivity contribution < 1.29 is 14.2 Å². The second kappa shape index (κ2) is 6.87. The molecule has 1 fully saturated rings. The molecule has 0 N–H and O–H groups in total. The number of ether oxygens (including phenoxy) is 3. The summed E-state index contributed by atoms with van der Waals surface area (Å²) in [5.41, 5.74) is -0.0204. The highest BCUT2D eigenvalue weighted by Gasteiger charge is 2.52. The van der Waals surface area contributed by atoms with Crippen LogP contribution in [-0.4, -0.2) is 40.1 Å². The highest BCUT2D eigenvalue weighted by atomic mass is 16.5. The van der Waals surface area contributed by atoms with Crippen molar-refractivity contribution >= 4 is 0 Å². The van der Waals surface area contributed by atoms with Crippen LogP contribution in [0.4, 0.5) is 0 Å². The summed E-state index contributed by atoms with van der Waals surface area (Å²) in [5.74, 6) is 0.640. The lowest BCUT2D eigenvalue weighted by Crippen LogP contribution is -2.56. The van der Waals surface area contributed by atoms with Crippen LogP contribution in [-0.2, 0) is 14.2 Å². The van der Waals surface area contributed by atoms with E-state index in [9.17, 15) is 0 Å². The van der Waals surface area contributed by atoms with Gasteiger partial charge in [0.2, 0.25) is 0 Å². The average molecular weight is 268 g/mol. The summed E-state index contributed by atoms with van der Waals surface area (Å²) in [6.07, 6.45) is 12.2. The Morgan fingerprint density at radius 2 is 1.79 bits per heavy atom. The van der Waals surface area contributed by atoms with E-state index < -0.39 is 0 Å². The quantitative estimate of drug-likeness (QED) is 0.717. The molecule has 3 atom stereocenters. The van der Waals surface area contributed by atoms with Crippen molar-refractivity contribution in [2.24, 2.45) is 11.3 Å². The summed E-state index contributed by atoms with van der Waals surface area (Å²) in [6.45, 7) is 0.721. The summed E-state index contributed by atoms with van der Waals surface area (Å²) in [4.78, 5) is 0. The summed E-state index contributed by atoms with van der Waals surface area (Å²) in [7, 11) is 5.42. The van der Waals surface area contributed by atoms with Gasteiger partial charge in [0.05, 0.1) is 24.2 Å². The van der Waals surface area contributed by atoms with Crippen LogP contribution < -0.4 is 0 Å². The smallest absolute Gasteiger partial charge is 0.0858 e. The average Bonchev–Trinajstić information content (AvgIpc) is 2.48. The van der Waals surface area contributed by atoms with E-state index >= 15 is 0 Å². The lowest BCUT2D eigenvalue weighted by molar-refractivity contribution is -0.156. The Labute approximate surface area is 117 Å². The van der Waals surface area contributed by atoms with Crippen molar-refractivity contribution in [3.05, 3.63) is 12.2 Å². The minimum absolute atomic E-state index is 0.0204. The van der Waals surface area contributed by atoms with Crippen molar-refractivity contribution in [2.45, 2.75) is 50.7 Å². The van der Waals surface area contributed by atoms with Gasteiger partial charge in [-0.15, -0.1) is 0 Å². The van der Waals surface area contributed by atoms with Crippen molar-refractivity contribution in [1.82, 2.24) is 0 Å². The number of rotatable bonds is 5. The second-order valence-electron chi connectivity index (χ2n) is 5.92. The molecule has 19 heavy (non-hydrogen) atoms. The zero-order chi connectivity index (χ0) is 13.7. The number of hydrogen-bond donors (Lipinski definition) is 0. The van der Waals surface area contributed by atoms with E-state index in [4.69, 9.17) is 14.2 Å². The molecule has 110 valence electrons. The van der Waals surface area contributed by atoms with Gasteiger partial charge in [0, 0.05) is 21.3 Å². The van der Waals surface area contributed by atoms with Crippen LogP contribution in [0.25, 0.3) is 0 Å². The van der Waals surface area contributed by atoms with Crippen LogP contribution in [0.15, 0.2) is 12.2 Å². The highest BCUT2D eigenvalue weighted by molar-refractivity contribution is 5.13. The summed E-state index contributed by atoms with van der Waals surface area (Å²) < 4.78 is 17.2. The van der Waals surface area contributed by atoms with Crippen LogP contribution in [0.5, 0.6) is 0 Å². The minimum atomic E-state index is -0.0204. The molecule has 0 amide bonds. The predicted octanol–water partition coefficient (Wildman–Crippen LogP) is 3.19. The first kappa shape index (κ1) is 15.0. The Morgan fingerprint density at radius 3 is 2.37 bits per heavy atom. The van der Waals surface area contributed by atoms with Crippen LogP contribution in [0.3, 0.4) is 0 Å². The molecule has 0 aliphatic heterocycles. The molecule has 3 unspecified atom stereocenters. The zero-order valence-electron chi connectivity index (χ0n) is 12.6. The number of hydrogen-bond acceptors (Lipinski definition) is 3. The Hall–Kier alpha value is -0.380. The van der Waals surface area contributed by atoms with E-state index in [1.165, 1.54) is 32.1 Å². The monoisotopic (exact) mass is 268 g/mol. The molecule has 3 nitrogen and oxygen atoms in total. The van der Waals surface area contributed by atoms with Crippen LogP contribution >= 0.6 is 0 Å². The molecule has 0 spiro atoms. The van der Waals surface area contributed by atoms with Gasteiger partial charge >= 0.3 is 0 Å². The Morgan fingerprint density at radius 1 is 1.05 bits per heavy atom. The van der Waals surface area contributed by atoms with Crippen LogP contribution in [0, 0.1) is 11.3 Å². The summed E-state index contributed by atoms with van der Waals surface area (Å²) in [5, 5.41) is 0. The van der Waals surface area contributed by atoms with E-state index in [1.54, 1.807) is 14.2 Å². The van der Waals surface area contributed by atoms with E-state index in [2.05, 4.69) is 12.2 Å². The van der Waals surface area contributed by atoms with Gasteiger partial charge in [-0.3, -0.25) is 0 Å². The molecule has 2 rings (SSSR count). The molecule has 0 heterocycles. The van der Waals surface area contributed by atoms with Gasteiger partial charge in [0.25, 0.3) is 0 Å². The third kappa shape index (κ3) is 2.74. The first-order valence-corrected chi connectivity index (χ1v) is 7.50. The van der Waals surface area contributed by atoms with E-state index in [1.807, 2.05) is 7.11 Å². The molecular formula is C16H28O3. The largest absolute Gasteiger partial charge is 0.384 e. The van der Waals surface area contributed by atoms with Gasteiger partial charge in [-0.25, -0.2) is 0 Å². The van der Waals surface area contributed by atoms with Crippen molar-refractivity contribution in [1.29, 1.82) is 0 Å². The minimum Gasteiger partial charge on any atom is -0.384 e. The predicted molar refractivity (Wildman–Crippen MR) is 76.2 cm³/mol. The maximum absolute atomic E-state index is 5.83. The van der Waals surface area contributed by atoms with Crippen molar-refractivity contribution in [3.63, 3.8) is 0 Å². The summed E-state index contributed by atoms with van der Waals surface area (Å²) >= 11 is 0. The molecule has 0 aromatic carbocycles. The van der Waals surface area contributed by atoms with Gasteiger partial charge in [0.15, 0.2) is 0 Å². The first-order chi connectivity index (χ1) is 9.29. The van der Waals surface area contributed by atoms with E-state index in [0.29, 0.717) is 5.92 Å². The standard InChI is InChI=1S/C16H28O3/c1-17-12-16(13-8-5-4-6-9-13)14(18-2)10-7-11-15(16)19-3/h7,10,13-15H,4-6,8-9,11-12H2,1-3H3. The SMILES string of the molecule is COCC1(C2CCCCC2)C(OC)C=CCC1OC. The van der Waals surface area contributed by atoms with Gasteiger partial charge in [-0.2, -0.15) is 0 Å². The summed E-state index contributed by atoms with van der Waals surface area (Å²) in [6, 6.07) is 0. The van der Waals surface area contributed by atoms with Crippen LogP contribution in [0.1, 0.15) is 38.5 Å². The molecule has 2 aliphatic rings. The van der Waals surface area contributed by atoms with Gasteiger partial charge in [-0.1, -0.05) is 31.4 Å². The molecule has 0 aromatic rings. The molecule has 0 bridgehead atoms. The maximum Gasteiger partial charge on any atom is 0.0858 e. The molecule has 3 heteroatoms. The lowest BCUT2D eigenvalue weighted by Gasteiger charge is -2.51. The molecule has 0 radical (unpaired) electrons. The fourth-order valence-electron chi connectivity index (χ4n) is 4.20. The van der Waals surface area contributed by atoms with Crippen molar-refractivity contribution in [3.8, 4) is 0 Å². The Bertz CT molecular complexity index is 296. The molecule has 1 saturated carbocycles. The molecular weight excluding hydrogens is 240 g/mol. The van der Waals surface area contributed by atoms with Gasteiger partial charge < -0.3 is 14.2 Å². The molecule has 2 aliphatic carbocycles. The van der Waals surface area contributed by atoms with E-state index in [-0.39, 0.29) is 17.6 Å². The van der Waals surface area contributed by atoms with E-state index in [0.717, 1.165) is 13.0 Å². The van der Waals surface area contributed by atoms with Gasteiger partial charge in [0.1, 0.15) is 0 Å². The topological polar surface area (TPSA) is 27.7 Å². The fraction of sp³-hybridized carbons (Fsp3) is 0.875. The Kier molecular flexibility index (Phi) is 5.43. The van der Waals surface area contributed by atoms with Gasteiger partial charge in [-0.05, 0) is 25.2 Å². The molecule has 0 aromatic heterocycles. The van der Waals surface area contributed by atoms with Crippen LogP contribution in [0.2, 0.25) is 0 Å². The maximum atomic E-state index is 5.83. The number of methoxy groups -OCH3 is 3. The fourth-order valence-corrected chi connectivity index (χ4v) is 4.20. The third-order valence-corrected chi connectivity index (χ3v) is 5.09. The molecule has 0 saturated heterocycles. The zero-order valence-corrected chi connectivity index (χ0v) is 12.6. The normalized spacial score (nSPS) is 36.6.